The number of carbonyl (C=O) groups is 1. The first kappa shape index (κ1) is 18.5. The zero-order valence-corrected chi connectivity index (χ0v) is 13.5. The molecule has 4 nitrogen and oxygen atoms in total. The molecule has 0 aliphatic carbocycles. The summed E-state index contributed by atoms with van der Waals surface area (Å²) in [4.78, 5) is 16.3. The SMILES string of the molecule is O=C1N(Cc2cncc(Cl)c2)c2c(F)ccc(C(O)C(F)F)c2C1(F)F. The Kier molecular flexibility index (Phi) is 4.61. The second-order valence-corrected chi connectivity index (χ2v) is 6.05. The summed E-state index contributed by atoms with van der Waals surface area (Å²) in [5.41, 5.74) is -2.78. The van der Waals surface area contributed by atoms with Crippen LogP contribution in [0.1, 0.15) is 22.8 Å². The zero-order valence-electron chi connectivity index (χ0n) is 12.8. The molecule has 0 saturated heterocycles. The lowest BCUT2D eigenvalue weighted by atomic mass is 9.97. The zero-order chi connectivity index (χ0) is 19.2. The molecule has 26 heavy (non-hydrogen) atoms. The average Bonchev–Trinajstić information content (AvgIpc) is 2.77. The third-order valence-corrected chi connectivity index (χ3v) is 4.12. The van der Waals surface area contributed by atoms with Gasteiger partial charge in [0.05, 0.1) is 22.8 Å². The summed E-state index contributed by atoms with van der Waals surface area (Å²) >= 11 is 5.75. The normalized spacial score (nSPS) is 16.9. The Hall–Kier alpha value is -2.26. The summed E-state index contributed by atoms with van der Waals surface area (Å²) < 4.78 is 68.8. The van der Waals surface area contributed by atoms with Gasteiger partial charge in [-0.2, -0.15) is 8.78 Å². The van der Waals surface area contributed by atoms with Gasteiger partial charge in [0, 0.05) is 12.4 Å². The number of alkyl halides is 4. The molecule has 0 spiro atoms. The molecule has 1 aromatic carbocycles. The third-order valence-electron chi connectivity index (χ3n) is 3.92. The summed E-state index contributed by atoms with van der Waals surface area (Å²) in [5, 5.41) is 9.69. The molecule has 1 unspecified atom stereocenters. The standard InChI is InChI=1S/C16H10ClF5N2O2/c17-8-3-7(4-23-5-8)6-24-12-10(18)2-1-9(13(25)14(19)20)11(12)16(21,22)15(24)26/h1-5,13-14,25H,6H2. The van der Waals surface area contributed by atoms with Gasteiger partial charge in [0.15, 0.2) is 0 Å². The number of nitrogens with zero attached hydrogens (tertiary/aromatic N) is 2. The van der Waals surface area contributed by atoms with Gasteiger partial charge in [0.2, 0.25) is 0 Å². The second kappa shape index (κ2) is 6.48. The van der Waals surface area contributed by atoms with Crippen LogP contribution in [0.15, 0.2) is 30.6 Å². The molecule has 1 aliphatic heterocycles. The van der Waals surface area contributed by atoms with E-state index in [0.717, 1.165) is 0 Å². The van der Waals surface area contributed by atoms with E-state index < -0.39 is 53.5 Å². The maximum Gasteiger partial charge on any atom is 0.352 e. The molecule has 10 heteroatoms. The molecule has 2 heterocycles. The van der Waals surface area contributed by atoms with E-state index in [1.807, 2.05) is 0 Å². The third kappa shape index (κ3) is 2.90. The molecule has 1 atom stereocenters. The summed E-state index contributed by atoms with van der Waals surface area (Å²) in [7, 11) is 0. The van der Waals surface area contributed by atoms with Crippen LogP contribution < -0.4 is 4.90 Å². The second-order valence-electron chi connectivity index (χ2n) is 5.62. The number of anilines is 1. The van der Waals surface area contributed by atoms with E-state index in [-0.39, 0.29) is 10.6 Å². The Labute approximate surface area is 148 Å². The Morgan fingerprint density at radius 3 is 2.58 bits per heavy atom. The lowest BCUT2D eigenvalue weighted by molar-refractivity contribution is -0.142. The number of pyridine rings is 1. The van der Waals surface area contributed by atoms with E-state index in [4.69, 9.17) is 11.6 Å². The monoisotopic (exact) mass is 392 g/mol. The largest absolute Gasteiger partial charge is 0.382 e. The van der Waals surface area contributed by atoms with Gasteiger partial charge in [0.25, 0.3) is 6.43 Å². The van der Waals surface area contributed by atoms with Crippen molar-refractivity contribution < 1.29 is 31.9 Å². The van der Waals surface area contributed by atoms with Gasteiger partial charge >= 0.3 is 11.8 Å². The van der Waals surface area contributed by atoms with Crippen LogP contribution in [0.3, 0.4) is 0 Å². The van der Waals surface area contributed by atoms with E-state index >= 15 is 0 Å². The fraction of sp³-hybridized carbons (Fsp3) is 0.250. The molecule has 0 radical (unpaired) electrons. The number of benzene rings is 1. The predicted molar refractivity (Wildman–Crippen MR) is 81.7 cm³/mol. The van der Waals surface area contributed by atoms with Gasteiger partial charge in [-0.25, -0.2) is 13.2 Å². The average molecular weight is 393 g/mol. The first-order chi connectivity index (χ1) is 12.1. The first-order valence-electron chi connectivity index (χ1n) is 7.23. The van der Waals surface area contributed by atoms with Crippen molar-refractivity contribution in [1.82, 2.24) is 4.98 Å². The van der Waals surface area contributed by atoms with Crippen LogP contribution >= 0.6 is 11.6 Å². The van der Waals surface area contributed by atoms with E-state index in [0.29, 0.717) is 17.0 Å². The van der Waals surface area contributed by atoms with Crippen molar-refractivity contribution >= 4 is 23.2 Å². The molecule has 0 saturated carbocycles. The minimum absolute atomic E-state index is 0.170. The van der Waals surface area contributed by atoms with Gasteiger partial charge < -0.3 is 5.11 Å². The van der Waals surface area contributed by atoms with Crippen molar-refractivity contribution in [3.8, 4) is 0 Å². The van der Waals surface area contributed by atoms with E-state index in [9.17, 15) is 31.9 Å². The highest BCUT2D eigenvalue weighted by Gasteiger charge is 2.56. The molecular weight excluding hydrogens is 383 g/mol. The van der Waals surface area contributed by atoms with Crippen LogP contribution in [0.2, 0.25) is 5.02 Å². The highest BCUT2D eigenvalue weighted by atomic mass is 35.5. The number of amides is 1. The van der Waals surface area contributed by atoms with Crippen LogP contribution in [0.4, 0.5) is 27.6 Å². The highest BCUT2D eigenvalue weighted by molar-refractivity contribution is 6.30. The van der Waals surface area contributed by atoms with Crippen LogP contribution in [0.5, 0.6) is 0 Å². The van der Waals surface area contributed by atoms with Crippen LogP contribution in [0.25, 0.3) is 0 Å². The van der Waals surface area contributed by atoms with Crippen LogP contribution in [0, 0.1) is 5.82 Å². The van der Waals surface area contributed by atoms with Gasteiger partial charge in [-0.1, -0.05) is 17.7 Å². The lowest BCUT2D eigenvalue weighted by Gasteiger charge is -2.19. The van der Waals surface area contributed by atoms with Crippen molar-refractivity contribution in [2.24, 2.45) is 0 Å². The van der Waals surface area contributed by atoms with Crippen molar-refractivity contribution in [2.45, 2.75) is 25.0 Å². The molecule has 0 fully saturated rings. The number of hydrogen-bond acceptors (Lipinski definition) is 3. The van der Waals surface area contributed by atoms with Crippen molar-refractivity contribution in [2.75, 3.05) is 4.90 Å². The molecule has 1 aliphatic rings. The van der Waals surface area contributed by atoms with E-state index in [2.05, 4.69) is 4.98 Å². The van der Waals surface area contributed by atoms with Gasteiger partial charge in [-0.15, -0.1) is 0 Å². The minimum Gasteiger partial charge on any atom is -0.382 e. The molecule has 3 rings (SSSR count). The van der Waals surface area contributed by atoms with E-state index in [1.165, 1.54) is 18.5 Å². The number of hydrogen-bond donors (Lipinski definition) is 1. The summed E-state index contributed by atoms with van der Waals surface area (Å²) in [6.07, 6.45) is -3.46. The molecule has 2 aromatic rings. The molecule has 1 amide bonds. The minimum atomic E-state index is -4.27. The van der Waals surface area contributed by atoms with Crippen molar-refractivity contribution in [3.63, 3.8) is 0 Å². The molecule has 0 bridgehead atoms. The fourth-order valence-electron chi connectivity index (χ4n) is 2.81. The summed E-state index contributed by atoms with van der Waals surface area (Å²) in [6.45, 7) is -0.500. The van der Waals surface area contributed by atoms with Crippen LogP contribution in [-0.2, 0) is 17.3 Å². The fourth-order valence-corrected chi connectivity index (χ4v) is 3.01. The van der Waals surface area contributed by atoms with Crippen molar-refractivity contribution in [1.29, 1.82) is 0 Å². The Morgan fingerprint density at radius 2 is 1.96 bits per heavy atom. The first-order valence-corrected chi connectivity index (χ1v) is 7.60. The van der Waals surface area contributed by atoms with E-state index in [1.54, 1.807) is 0 Å². The van der Waals surface area contributed by atoms with Gasteiger partial charge in [-0.3, -0.25) is 14.7 Å². The molecular formula is C16H10ClF5N2O2. The summed E-state index contributed by atoms with van der Waals surface area (Å²) in [5.74, 6) is -7.26. The molecule has 1 aromatic heterocycles. The number of aromatic nitrogens is 1. The topological polar surface area (TPSA) is 53.4 Å². The Balaban J connectivity index is 2.15. The highest BCUT2D eigenvalue weighted by Crippen LogP contribution is 2.49. The molecule has 138 valence electrons. The molecule has 1 N–H and O–H groups in total. The maximum atomic E-state index is 14.5. The van der Waals surface area contributed by atoms with Crippen molar-refractivity contribution in [3.05, 3.63) is 58.1 Å². The number of aliphatic hydroxyl groups excluding tert-OH is 1. The van der Waals surface area contributed by atoms with Crippen LogP contribution in [-0.4, -0.2) is 22.4 Å². The number of aliphatic hydroxyl groups is 1. The van der Waals surface area contributed by atoms with Gasteiger partial charge in [0.1, 0.15) is 11.9 Å². The number of carbonyl (C=O) groups excluding carboxylic acids is 1. The quantitative estimate of drug-likeness (QED) is 0.805. The number of rotatable bonds is 4. The lowest BCUT2D eigenvalue weighted by Crippen LogP contribution is -2.34. The predicted octanol–water partition coefficient (Wildman–Crippen LogP) is 3.81. The van der Waals surface area contributed by atoms with Gasteiger partial charge in [-0.05, 0) is 23.3 Å². The Morgan fingerprint density at radius 1 is 1.27 bits per heavy atom. The Bertz CT molecular complexity index is 878. The maximum absolute atomic E-state index is 14.5. The smallest absolute Gasteiger partial charge is 0.352 e. The summed E-state index contributed by atoms with van der Waals surface area (Å²) in [6, 6.07) is 2.61. The number of halogens is 6. The number of fused-ring (bicyclic) bond motifs is 1.